The largest absolute Gasteiger partial charge is 0.421 e. The van der Waals surface area contributed by atoms with E-state index < -0.39 is 33.5 Å². The zero-order valence-corrected chi connectivity index (χ0v) is 21.8. The van der Waals surface area contributed by atoms with Gasteiger partial charge in [-0.1, -0.05) is 18.2 Å². The van der Waals surface area contributed by atoms with Gasteiger partial charge in [0.1, 0.15) is 17.7 Å². The summed E-state index contributed by atoms with van der Waals surface area (Å²) < 4.78 is 65.7. The van der Waals surface area contributed by atoms with E-state index in [1.165, 1.54) is 18.0 Å². The first-order valence-corrected chi connectivity index (χ1v) is 13.2. The Morgan fingerprint density at radius 3 is 2.46 bits per heavy atom. The number of aromatic nitrogens is 2. The first-order chi connectivity index (χ1) is 18.3. The van der Waals surface area contributed by atoms with E-state index in [0.717, 1.165) is 10.6 Å². The van der Waals surface area contributed by atoms with Crippen LogP contribution in [0.15, 0.2) is 54.7 Å². The van der Waals surface area contributed by atoms with E-state index in [1.807, 2.05) is 0 Å². The van der Waals surface area contributed by atoms with E-state index >= 15 is 0 Å². The summed E-state index contributed by atoms with van der Waals surface area (Å²) >= 11 is 0. The monoisotopic (exact) mass is 565 g/mol. The average molecular weight is 566 g/mol. The van der Waals surface area contributed by atoms with Crippen molar-refractivity contribution in [2.75, 3.05) is 46.2 Å². The Morgan fingerprint density at radius 2 is 1.82 bits per heavy atom. The molecule has 0 unspecified atom stereocenters. The van der Waals surface area contributed by atoms with Crippen LogP contribution in [0.5, 0.6) is 0 Å². The van der Waals surface area contributed by atoms with Crippen molar-refractivity contribution in [3.8, 4) is 0 Å². The van der Waals surface area contributed by atoms with Gasteiger partial charge in [0.25, 0.3) is 0 Å². The third kappa shape index (κ3) is 8.04. The second-order valence-corrected chi connectivity index (χ2v) is 10.4. The predicted molar refractivity (Wildman–Crippen MR) is 141 cm³/mol. The second-order valence-electron chi connectivity index (χ2n) is 8.40. The lowest BCUT2D eigenvalue weighted by atomic mass is 10.2. The van der Waals surface area contributed by atoms with Crippen molar-refractivity contribution in [2.45, 2.75) is 12.7 Å². The number of hydrogen-bond acceptors (Lipinski definition) is 9. The summed E-state index contributed by atoms with van der Waals surface area (Å²) in [5, 5.41) is 5.48. The fraction of sp³-hybridized carbons (Fsp3) is 0.250. The van der Waals surface area contributed by atoms with Gasteiger partial charge in [-0.25, -0.2) is 13.4 Å². The maximum absolute atomic E-state index is 13.7. The highest BCUT2D eigenvalue weighted by atomic mass is 32.2. The van der Waals surface area contributed by atoms with Gasteiger partial charge in [0, 0.05) is 31.2 Å². The van der Waals surface area contributed by atoms with E-state index in [2.05, 4.69) is 20.6 Å². The Kier molecular flexibility index (Phi) is 8.96. The summed E-state index contributed by atoms with van der Waals surface area (Å²) in [4.78, 5) is 31.6. The van der Waals surface area contributed by atoms with Crippen molar-refractivity contribution in [3.05, 3.63) is 65.9 Å². The number of rotatable bonds is 12. The number of sulfonamides is 1. The summed E-state index contributed by atoms with van der Waals surface area (Å²) in [6, 6.07) is 12.7. The normalized spacial score (nSPS) is 11.5. The first kappa shape index (κ1) is 29.2. The molecule has 0 aliphatic rings. The van der Waals surface area contributed by atoms with Crippen LogP contribution in [0.3, 0.4) is 0 Å². The standard InChI is InChI=1S/C24H26F3N7O4S/c1-33(39(2,37)38)18-7-3-5-16(11-18)13-29-22-20(24(25,26)27)14-30-23(32-22)31-17-6-4-8-19(12-17)34(9-10-35)15-21(28)36/h3-8,10-12,14H,9,13,15H2,1-2H3,(H2,28,36)(H2,29,30,31,32). The molecule has 1 heterocycles. The number of carbonyl (C=O) groups is 2. The van der Waals surface area contributed by atoms with E-state index in [4.69, 9.17) is 5.73 Å². The molecule has 39 heavy (non-hydrogen) atoms. The Labute approximate surface area is 222 Å². The smallest absolute Gasteiger partial charge is 0.368 e. The summed E-state index contributed by atoms with van der Waals surface area (Å²) in [6.45, 7) is -0.402. The maximum Gasteiger partial charge on any atom is 0.421 e. The minimum Gasteiger partial charge on any atom is -0.368 e. The second kappa shape index (κ2) is 12.0. The zero-order chi connectivity index (χ0) is 28.8. The van der Waals surface area contributed by atoms with Gasteiger partial charge in [-0.05, 0) is 35.9 Å². The molecule has 0 fully saturated rings. The molecule has 0 aliphatic carbocycles. The molecule has 11 nitrogen and oxygen atoms in total. The summed E-state index contributed by atoms with van der Waals surface area (Å²) in [6.07, 6.45) is -2.46. The van der Waals surface area contributed by atoms with Gasteiger partial charge in [-0.15, -0.1) is 0 Å². The highest BCUT2D eigenvalue weighted by Crippen LogP contribution is 2.34. The SMILES string of the molecule is CN(c1cccc(CNc2nc(Nc3cccc(N(CC=O)CC(N)=O)c3)ncc2C(F)(F)F)c1)S(C)(=O)=O. The molecule has 4 N–H and O–H groups in total. The summed E-state index contributed by atoms with van der Waals surface area (Å²) in [5.74, 6) is -1.29. The Morgan fingerprint density at radius 1 is 1.13 bits per heavy atom. The van der Waals surface area contributed by atoms with Crippen molar-refractivity contribution in [1.29, 1.82) is 0 Å². The molecule has 3 rings (SSSR count). The lowest BCUT2D eigenvalue weighted by molar-refractivity contribution is -0.137. The minimum atomic E-state index is -4.75. The van der Waals surface area contributed by atoms with Crippen LogP contribution >= 0.6 is 0 Å². The van der Waals surface area contributed by atoms with Gasteiger partial charge in [-0.2, -0.15) is 18.2 Å². The molecule has 208 valence electrons. The van der Waals surface area contributed by atoms with Gasteiger partial charge in [-0.3, -0.25) is 9.10 Å². The number of halogens is 3. The van der Waals surface area contributed by atoms with Gasteiger partial charge < -0.3 is 26.1 Å². The van der Waals surface area contributed by atoms with Crippen molar-refractivity contribution in [2.24, 2.45) is 5.73 Å². The molecular formula is C24H26F3N7O4S. The Hall–Kier alpha value is -4.40. The number of nitrogens with zero attached hydrogens (tertiary/aromatic N) is 4. The number of hydrogen-bond donors (Lipinski definition) is 3. The van der Waals surface area contributed by atoms with Crippen LogP contribution < -0.4 is 25.6 Å². The molecule has 15 heteroatoms. The molecule has 0 saturated heterocycles. The van der Waals surface area contributed by atoms with Gasteiger partial charge in [0.2, 0.25) is 21.9 Å². The highest BCUT2D eigenvalue weighted by Gasteiger charge is 2.35. The van der Waals surface area contributed by atoms with E-state index in [0.29, 0.717) is 35.1 Å². The topological polar surface area (TPSA) is 151 Å². The molecule has 0 atom stereocenters. The molecule has 1 amide bonds. The van der Waals surface area contributed by atoms with Crippen molar-refractivity contribution in [3.63, 3.8) is 0 Å². The zero-order valence-electron chi connectivity index (χ0n) is 20.9. The quantitative estimate of drug-likeness (QED) is 0.282. The van der Waals surface area contributed by atoms with Gasteiger partial charge >= 0.3 is 6.18 Å². The van der Waals surface area contributed by atoms with E-state index in [-0.39, 0.29) is 25.6 Å². The summed E-state index contributed by atoms with van der Waals surface area (Å²) in [5.41, 5.74) is 5.86. The molecule has 0 bridgehead atoms. The summed E-state index contributed by atoms with van der Waals surface area (Å²) in [7, 11) is -2.16. The minimum absolute atomic E-state index is 0.0891. The number of carbonyl (C=O) groups excluding carboxylic acids is 2. The molecule has 2 aromatic carbocycles. The average Bonchev–Trinajstić information content (AvgIpc) is 2.86. The van der Waals surface area contributed by atoms with Crippen LogP contribution in [-0.4, -0.2) is 57.0 Å². The molecule has 0 saturated carbocycles. The lowest BCUT2D eigenvalue weighted by Gasteiger charge is -2.21. The van der Waals surface area contributed by atoms with E-state index in [1.54, 1.807) is 42.5 Å². The maximum atomic E-state index is 13.7. The van der Waals surface area contributed by atoms with Crippen LogP contribution in [0.4, 0.5) is 42.0 Å². The van der Waals surface area contributed by atoms with Crippen molar-refractivity contribution >= 4 is 51.0 Å². The Bertz CT molecular complexity index is 1450. The number of amides is 1. The third-order valence-corrected chi connectivity index (χ3v) is 6.64. The number of nitrogens with one attached hydrogen (secondary N) is 2. The number of primary amides is 1. The third-order valence-electron chi connectivity index (χ3n) is 5.43. The van der Waals surface area contributed by atoms with Crippen molar-refractivity contribution in [1.82, 2.24) is 9.97 Å². The molecule has 1 aromatic heterocycles. The number of anilines is 5. The number of benzene rings is 2. The van der Waals surface area contributed by atoms with Gasteiger partial charge in [0.05, 0.1) is 25.0 Å². The molecule has 0 aliphatic heterocycles. The van der Waals surface area contributed by atoms with Crippen LogP contribution in [0, 0.1) is 0 Å². The van der Waals surface area contributed by atoms with Crippen LogP contribution in [0.25, 0.3) is 0 Å². The first-order valence-electron chi connectivity index (χ1n) is 11.3. The number of alkyl halides is 3. The van der Waals surface area contributed by atoms with E-state index in [9.17, 15) is 31.2 Å². The highest BCUT2D eigenvalue weighted by molar-refractivity contribution is 7.92. The number of aldehydes is 1. The molecule has 3 aromatic rings. The van der Waals surface area contributed by atoms with Crippen LogP contribution in [0.2, 0.25) is 0 Å². The molecule has 0 radical (unpaired) electrons. The van der Waals surface area contributed by atoms with Crippen molar-refractivity contribution < 1.29 is 31.2 Å². The molecule has 0 spiro atoms. The van der Waals surface area contributed by atoms with Gasteiger partial charge in [0.15, 0.2) is 0 Å². The van der Waals surface area contributed by atoms with Crippen LogP contribution in [-0.2, 0) is 32.3 Å². The lowest BCUT2D eigenvalue weighted by Crippen LogP contribution is -2.35. The predicted octanol–water partition coefficient (Wildman–Crippen LogP) is 2.74. The Balaban J connectivity index is 1.86. The molecular weight excluding hydrogens is 539 g/mol. The fourth-order valence-electron chi connectivity index (χ4n) is 3.47. The van der Waals surface area contributed by atoms with Crippen LogP contribution in [0.1, 0.15) is 11.1 Å². The number of nitrogens with two attached hydrogens (primary N) is 1. The fourth-order valence-corrected chi connectivity index (χ4v) is 3.97.